The zero-order chi connectivity index (χ0) is 18.1. The van der Waals surface area contributed by atoms with E-state index in [2.05, 4.69) is 59.3 Å². The Bertz CT molecular complexity index is 670. The third kappa shape index (κ3) is 3.72. The number of amides is 1. The molecule has 140 valence electrons. The molecule has 4 heteroatoms. The SMILES string of the molecule is Cc1cccc(C)c1C=CC1CCN(C(=O)CN2C[C@H]3C[C@@H]2CN3)CC1. The molecule has 0 aromatic heterocycles. The van der Waals surface area contributed by atoms with E-state index in [0.717, 1.165) is 39.0 Å². The molecule has 2 atom stereocenters. The highest BCUT2D eigenvalue weighted by Gasteiger charge is 2.38. The molecule has 4 nitrogen and oxygen atoms in total. The van der Waals surface area contributed by atoms with Crippen LogP contribution < -0.4 is 5.32 Å². The van der Waals surface area contributed by atoms with E-state index in [0.29, 0.717) is 30.5 Å². The van der Waals surface area contributed by atoms with E-state index in [1.807, 2.05) is 0 Å². The number of allylic oxidation sites excluding steroid dienone is 1. The summed E-state index contributed by atoms with van der Waals surface area (Å²) in [7, 11) is 0. The van der Waals surface area contributed by atoms with Gasteiger partial charge in [0.15, 0.2) is 0 Å². The molecule has 3 saturated heterocycles. The summed E-state index contributed by atoms with van der Waals surface area (Å²) in [4.78, 5) is 17.1. The fourth-order valence-corrected chi connectivity index (χ4v) is 4.78. The van der Waals surface area contributed by atoms with Gasteiger partial charge in [-0.25, -0.2) is 0 Å². The van der Waals surface area contributed by atoms with E-state index in [1.54, 1.807) is 0 Å². The van der Waals surface area contributed by atoms with Crippen LogP contribution in [0.5, 0.6) is 0 Å². The average Bonchev–Trinajstić information content (AvgIpc) is 3.25. The van der Waals surface area contributed by atoms with Gasteiger partial charge in [-0.05, 0) is 55.7 Å². The molecule has 2 bridgehead atoms. The maximum absolute atomic E-state index is 12.7. The molecule has 0 radical (unpaired) electrons. The monoisotopic (exact) mass is 353 g/mol. The zero-order valence-electron chi connectivity index (χ0n) is 16.1. The summed E-state index contributed by atoms with van der Waals surface area (Å²) in [6.07, 6.45) is 8.04. The van der Waals surface area contributed by atoms with Gasteiger partial charge in [-0.1, -0.05) is 30.4 Å². The Morgan fingerprint density at radius 3 is 2.58 bits per heavy atom. The van der Waals surface area contributed by atoms with E-state index in [9.17, 15) is 4.79 Å². The number of likely N-dealkylation sites (tertiary alicyclic amines) is 2. The van der Waals surface area contributed by atoms with E-state index < -0.39 is 0 Å². The minimum atomic E-state index is 0.328. The Morgan fingerprint density at radius 2 is 1.96 bits per heavy atom. The molecule has 3 fully saturated rings. The number of hydrogen-bond acceptors (Lipinski definition) is 3. The van der Waals surface area contributed by atoms with Crippen LogP contribution in [0.1, 0.15) is 36.0 Å². The van der Waals surface area contributed by atoms with Crippen molar-refractivity contribution in [2.24, 2.45) is 5.92 Å². The van der Waals surface area contributed by atoms with Crippen LogP contribution in [-0.2, 0) is 4.79 Å². The van der Waals surface area contributed by atoms with Gasteiger partial charge in [0.25, 0.3) is 0 Å². The van der Waals surface area contributed by atoms with Gasteiger partial charge in [0.05, 0.1) is 6.54 Å². The largest absolute Gasteiger partial charge is 0.342 e. The van der Waals surface area contributed by atoms with E-state index in [1.165, 1.54) is 23.1 Å². The van der Waals surface area contributed by atoms with Gasteiger partial charge in [0.1, 0.15) is 0 Å². The number of carbonyl (C=O) groups is 1. The predicted molar refractivity (Wildman–Crippen MR) is 106 cm³/mol. The van der Waals surface area contributed by atoms with Crippen LogP contribution >= 0.6 is 0 Å². The molecule has 3 aliphatic rings. The summed E-state index contributed by atoms with van der Waals surface area (Å²) in [5.41, 5.74) is 4.02. The van der Waals surface area contributed by atoms with Crippen molar-refractivity contribution in [3.8, 4) is 0 Å². The molecule has 4 rings (SSSR count). The number of benzene rings is 1. The van der Waals surface area contributed by atoms with Crippen molar-refractivity contribution < 1.29 is 4.79 Å². The van der Waals surface area contributed by atoms with Crippen LogP contribution in [0.15, 0.2) is 24.3 Å². The lowest BCUT2D eigenvalue weighted by Gasteiger charge is -2.34. The Kier molecular flexibility index (Phi) is 5.14. The number of rotatable bonds is 4. The number of piperazine rings is 1. The fraction of sp³-hybridized carbons (Fsp3) is 0.591. The first-order valence-corrected chi connectivity index (χ1v) is 10.1. The maximum Gasteiger partial charge on any atom is 0.236 e. The molecule has 1 aromatic rings. The van der Waals surface area contributed by atoms with Crippen LogP contribution in [0.2, 0.25) is 0 Å². The van der Waals surface area contributed by atoms with Gasteiger partial charge in [-0.15, -0.1) is 0 Å². The molecule has 3 aliphatic heterocycles. The minimum absolute atomic E-state index is 0.328. The summed E-state index contributed by atoms with van der Waals surface area (Å²) in [5.74, 6) is 0.916. The molecule has 1 amide bonds. The van der Waals surface area contributed by atoms with Crippen molar-refractivity contribution in [3.05, 3.63) is 41.0 Å². The number of fused-ring (bicyclic) bond motifs is 2. The second-order valence-electron chi connectivity index (χ2n) is 8.31. The standard InChI is InChI=1S/C22H31N3O/c1-16-4-3-5-17(2)21(16)7-6-18-8-10-24(11-9-18)22(26)15-25-14-19-12-20(25)13-23-19/h3-7,18-20,23H,8-15H2,1-2H3/t19-,20-/m1/s1. The minimum Gasteiger partial charge on any atom is -0.342 e. The first-order valence-electron chi connectivity index (χ1n) is 10.1. The lowest BCUT2D eigenvalue weighted by Crippen LogP contribution is -2.49. The molecule has 0 saturated carbocycles. The van der Waals surface area contributed by atoms with Gasteiger partial charge >= 0.3 is 0 Å². The topological polar surface area (TPSA) is 35.6 Å². The predicted octanol–water partition coefficient (Wildman–Crippen LogP) is 2.60. The van der Waals surface area contributed by atoms with Gasteiger partial charge in [0.2, 0.25) is 5.91 Å². The van der Waals surface area contributed by atoms with E-state index in [-0.39, 0.29) is 0 Å². The van der Waals surface area contributed by atoms with Crippen molar-refractivity contribution in [2.75, 3.05) is 32.7 Å². The van der Waals surface area contributed by atoms with Crippen molar-refractivity contribution >= 4 is 12.0 Å². The molecular weight excluding hydrogens is 322 g/mol. The number of hydrogen-bond donors (Lipinski definition) is 1. The number of piperidine rings is 1. The van der Waals surface area contributed by atoms with E-state index in [4.69, 9.17) is 0 Å². The summed E-state index contributed by atoms with van der Waals surface area (Å²) >= 11 is 0. The van der Waals surface area contributed by atoms with Gasteiger partial charge < -0.3 is 10.2 Å². The Morgan fingerprint density at radius 1 is 1.23 bits per heavy atom. The highest BCUT2D eigenvalue weighted by molar-refractivity contribution is 5.78. The number of carbonyl (C=O) groups excluding carboxylic acids is 1. The van der Waals surface area contributed by atoms with Gasteiger partial charge in [-0.2, -0.15) is 0 Å². The Labute approximate surface area is 157 Å². The number of aryl methyl sites for hydroxylation is 2. The Balaban J connectivity index is 1.27. The van der Waals surface area contributed by atoms with Crippen LogP contribution in [0.3, 0.4) is 0 Å². The zero-order valence-corrected chi connectivity index (χ0v) is 16.1. The Hall–Kier alpha value is -1.65. The lowest BCUT2D eigenvalue weighted by molar-refractivity contribution is -0.133. The van der Waals surface area contributed by atoms with Crippen LogP contribution in [0.4, 0.5) is 0 Å². The fourth-order valence-electron chi connectivity index (χ4n) is 4.78. The second kappa shape index (κ2) is 7.53. The summed E-state index contributed by atoms with van der Waals surface area (Å²) in [6, 6.07) is 7.67. The highest BCUT2D eigenvalue weighted by atomic mass is 16.2. The second-order valence-corrected chi connectivity index (χ2v) is 8.31. The van der Waals surface area contributed by atoms with Crippen LogP contribution in [0.25, 0.3) is 6.08 Å². The molecule has 1 N–H and O–H groups in total. The first-order chi connectivity index (χ1) is 12.6. The summed E-state index contributed by atoms with van der Waals surface area (Å²) in [6.45, 7) is 8.88. The quantitative estimate of drug-likeness (QED) is 0.904. The third-order valence-electron chi connectivity index (χ3n) is 6.48. The van der Waals surface area contributed by atoms with E-state index >= 15 is 0 Å². The van der Waals surface area contributed by atoms with Crippen molar-refractivity contribution in [3.63, 3.8) is 0 Å². The first kappa shape index (κ1) is 17.7. The molecule has 26 heavy (non-hydrogen) atoms. The summed E-state index contributed by atoms with van der Waals surface area (Å²) in [5, 5.41) is 3.51. The van der Waals surface area contributed by atoms with Crippen LogP contribution in [-0.4, -0.2) is 60.5 Å². The molecule has 0 aliphatic carbocycles. The van der Waals surface area contributed by atoms with Crippen molar-refractivity contribution in [2.45, 2.75) is 45.2 Å². The molecule has 0 unspecified atom stereocenters. The van der Waals surface area contributed by atoms with Crippen molar-refractivity contribution in [1.82, 2.24) is 15.1 Å². The lowest BCUT2D eigenvalue weighted by atomic mass is 9.94. The summed E-state index contributed by atoms with van der Waals surface area (Å²) < 4.78 is 0. The smallest absolute Gasteiger partial charge is 0.236 e. The number of nitrogens with zero attached hydrogens (tertiary/aromatic N) is 2. The number of nitrogens with one attached hydrogen (secondary N) is 1. The van der Waals surface area contributed by atoms with Gasteiger partial charge in [-0.3, -0.25) is 9.69 Å². The van der Waals surface area contributed by atoms with Crippen molar-refractivity contribution in [1.29, 1.82) is 0 Å². The van der Waals surface area contributed by atoms with Gasteiger partial charge in [0, 0.05) is 38.3 Å². The average molecular weight is 354 g/mol. The molecule has 1 aromatic carbocycles. The maximum atomic E-state index is 12.7. The highest BCUT2D eigenvalue weighted by Crippen LogP contribution is 2.25. The molecule has 0 spiro atoms. The van der Waals surface area contributed by atoms with Crippen LogP contribution in [0, 0.1) is 19.8 Å². The molecular formula is C22H31N3O. The third-order valence-corrected chi connectivity index (χ3v) is 6.48. The normalized spacial score (nSPS) is 26.9. The molecule has 3 heterocycles.